The summed E-state index contributed by atoms with van der Waals surface area (Å²) < 4.78 is 28.7. The fraction of sp³-hybridized carbons (Fsp3) is 0.591. The molecule has 0 unspecified atom stereocenters. The SMILES string of the molecule is Cc1c(N2CCCC2=O)cccc1S(=O)(=O)N[C@@H](C(N)=O)C(=O)N1CCCN(C2CC2)CC1. The Morgan fingerprint density at radius 1 is 1.09 bits per heavy atom. The quantitative estimate of drug-likeness (QED) is 0.529. The highest BCUT2D eigenvalue weighted by Gasteiger charge is 2.37. The molecule has 2 aliphatic heterocycles. The maximum atomic E-state index is 13.2. The Labute approximate surface area is 194 Å². The third kappa shape index (κ3) is 5.04. The highest BCUT2D eigenvalue weighted by molar-refractivity contribution is 7.89. The van der Waals surface area contributed by atoms with Crippen LogP contribution in [0.25, 0.3) is 0 Å². The van der Waals surface area contributed by atoms with Crippen LogP contribution in [0, 0.1) is 6.92 Å². The first-order chi connectivity index (χ1) is 15.7. The molecule has 2 saturated heterocycles. The Balaban J connectivity index is 1.53. The van der Waals surface area contributed by atoms with E-state index in [1.807, 2.05) is 0 Å². The lowest BCUT2D eigenvalue weighted by Crippen LogP contribution is -2.55. The molecule has 3 aliphatic rings. The van der Waals surface area contributed by atoms with E-state index in [0.29, 0.717) is 56.3 Å². The van der Waals surface area contributed by atoms with Gasteiger partial charge in [0.15, 0.2) is 6.04 Å². The van der Waals surface area contributed by atoms with Gasteiger partial charge in [0.05, 0.1) is 4.90 Å². The Morgan fingerprint density at radius 3 is 2.48 bits per heavy atom. The molecule has 2 heterocycles. The number of amides is 3. The summed E-state index contributed by atoms with van der Waals surface area (Å²) in [5, 5.41) is 0. The second-order valence-corrected chi connectivity index (χ2v) is 10.6. The van der Waals surface area contributed by atoms with Crippen molar-refractivity contribution in [1.82, 2.24) is 14.5 Å². The van der Waals surface area contributed by atoms with Crippen LogP contribution in [0.4, 0.5) is 5.69 Å². The minimum Gasteiger partial charge on any atom is -0.368 e. The fourth-order valence-electron chi connectivity index (χ4n) is 4.68. The van der Waals surface area contributed by atoms with Gasteiger partial charge in [0.2, 0.25) is 27.7 Å². The predicted octanol–water partition coefficient (Wildman–Crippen LogP) is -0.0493. The van der Waals surface area contributed by atoms with Gasteiger partial charge in [-0.15, -0.1) is 0 Å². The summed E-state index contributed by atoms with van der Waals surface area (Å²) in [7, 11) is -4.26. The summed E-state index contributed by atoms with van der Waals surface area (Å²) in [6, 6.07) is 3.51. The van der Waals surface area contributed by atoms with Crippen molar-refractivity contribution in [3.8, 4) is 0 Å². The van der Waals surface area contributed by atoms with E-state index in [-0.39, 0.29) is 10.8 Å². The van der Waals surface area contributed by atoms with Crippen molar-refractivity contribution in [2.45, 2.75) is 56.0 Å². The number of hydrogen-bond acceptors (Lipinski definition) is 6. The molecule has 3 N–H and O–H groups in total. The van der Waals surface area contributed by atoms with E-state index in [1.54, 1.807) is 24.0 Å². The lowest BCUT2D eigenvalue weighted by Gasteiger charge is -2.26. The molecular formula is C22H31N5O5S. The van der Waals surface area contributed by atoms with E-state index in [2.05, 4.69) is 9.62 Å². The van der Waals surface area contributed by atoms with Gasteiger partial charge in [0.1, 0.15) is 0 Å². The minimum atomic E-state index is -4.26. The second-order valence-electron chi connectivity index (χ2n) is 8.95. The Morgan fingerprint density at radius 2 is 1.85 bits per heavy atom. The zero-order chi connectivity index (χ0) is 23.8. The number of anilines is 1. The number of carbonyl (C=O) groups excluding carboxylic acids is 3. The molecule has 11 heteroatoms. The maximum Gasteiger partial charge on any atom is 0.250 e. The molecule has 3 amide bonds. The molecule has 10 nitrogen and oxygen atoms in total. The molecule has 180 valence electrons. The average molecular weight is 478 g/mol. The highest BCUT2D eigenvalue weighted by Crippen LogP contribution is 2.30. The number of rotatable bonds is 7. The van der Waals surface area contributed by atoms with Gasteiger partial charge in [-0.3, -0.25) is 19.3 Å². The predicted molar refractivity (Wildman–Crippen MR) is 122 cm³/mol. The highest BCUT2D eigenvalue weighted by atomic mass is 32.2. The van der Waals surface area contributed by atoms with Crippen molar-refractivity contribution in [2.75, 3.05) is 37.6 Å². The molecule has 0 bridgehead atoms. The van der Waals surface area contributed by atoms with Gasteiger partial charge in [-0.25, -0.2) is 8.42 Å². The van der Waals surface area contributed by atoms with Crippen molar-refractivity contribution < 1.29 is 22.8 Å². The van der Waals surface area contributed by atoms with Gasteiger partial charge in [0.25, 0.3) is 0 Å². The van der Waals surface area contributed by atoms with Crippen LogP contribution < -0.4 is 15.4 Å². The summed E-state index contributed by atoms with van der Waals surface area (Å²) in [5.74, 6) is -1.74. The Kier molecular flexibility index (Phi) is 6.73. The number of hydrogen-bond donors (Lipinski definition) is 2. The summed E-state index contributed by atoms with van der Waals surface area (Å²) >= 11 is 0. The Hall–Kier alpha value is -2.50. The lowest BCUT2D eigenvalue weighted by molar-refractivity contribution is -0.137. The largest absolute Gasteiger partial charge is 0.368 e. The van der Waals surface area contributed by atoms with E-state index in [9.17, 15) is 22.8 Å². The van der Waals surface area contributed by atoms with Crippen LogP contribution in [-0.2, 0) is 24.4 Å². The van der Waals surface area contributed by atoms with Gasteiger partial charge in [-0.1, -0.05) is 6.07 Å². The first-order valence-electron chi connectivity index (χ1n) is 11.4. The van der Waals surface area contributed by atoms with E-state index in [0.717, 1.165) is 13.0 Å². The first-order valence-corrected chi connectivity index (χ1v) is 12.9. The number of primary amides is 1. The number of benzene rings is 1. The van der Waals surface area contributed by atoms with Crippen LogP contribution in [0.15, 0.2) is 23.1 Å². The molecule has 3 fully saturated rings. The summed E-state index contributed by atoms with van der Waals surface area (Å²) in [5.41, 5.74) is 6.35. The van der Waals surface area contributed by atoms with Crippen LogP contribution in [-0.4, -0.2) is 80.7 Å². The summed E-state index contributed by atoms with van der Waals surface area (Å²) in [6.45, 7) is 4.57. The Bertz CT molecular complexity index is 1060. The first kappa shape index (κ1) is 23.7. The maximum absolute atomic E-state index is 13.2. The van der Waals surface area contributed by atoms with Crippen molar-refractivity contribution in [1.29, 1.82) is 0 Å². The van der Waals surface area contributed by atoms with E-state index in [1.165, 1.54) is 23.8 Å². The van der Waals surface area contributed by atoms with Crippen LogP contribution in [0.1, 0.15) is 37.7 Å². The fourth-order valence-corrected chi connectivity index (χ4v) is 6.10. The van der Waals surface area contributed by atoms with E-state index in [4.69, 9.17) is 5.73 Å². The zero-order valence-electron chi connectivity index (χ0n) is 18.8. The van der Waals surface area contributed by atoms with Crippen LogP contribution in [0.2, 0.25) is 0 Å². The standard InChI is InChI=1S/C22H31N5O5S/c1-15-17(27-12-3-7-19(27)28)5-2-6-18(15)33(31,32)24-20(21(23)29)22(30)26-11-4-10-25(13-14-26)16-8-9-16/h2,5-6,16,20,24H,3-4,7-14H2,1H3,(H2,23,29)/t20-/m0/s1. The molecule has 1 aliphatic carbocycles. The van der Waals surface area contributed by atoms with Crippen LogP contribution in [0.3, 0.4) is 0 Å². The number of sulfonamides is 1. The van der Waals surface area contributed by atoms with E-state index < -0.39 is 27.9 Å². The van der Waals surface area contributed by atoms with E-state index >= 15 is 0 Å². The molecule has 0 radical (unpaired) electrons. The summed E-state index contributed by atoms with van der Waals surface area (Å²) in [4.78, 5) is 42.8. The number of nitrogens with two attached hydrogens (primary N) is 1. The molecule has 4 rings (SSSR count). The molecule has 0 spiro atoms. The van der Waals surface area contributed by atoms with Crippen molar-refractivity contribution in [2.24, 2.45) is 5.73 Å². The number of nitrogens with zero attached hydrogens (tertiary/aromatic N) is 3. The van der Waals surface area contributed by atoms with Gasteiger partial charge in [0, 0.05) is 50.9 Å². The third-order valence-electron chi connectivity index (χ3n) is 6.62. The minimum absolute atomic E-state index is 0.0628. The van der Waals surface area contributed by atoms with Gasteiger partial charge in [-0.05, 0) is 50.3 Å². The average Bonchev–Trinajstić information content (AvgIpc) is 3.56. The molecule has 1 saturated carbocycles. The smallest absolute Gasteiger partial charge is 0.250 e. The monoisotopic (exact) mass is 477 g/mol. The number of nitrogens with one attached hydrogen (secondary N) is 1. The molecular weight excluding hydrogens is 446 g/mol. The number of carbonyl (C=O) groups is 3. The van der Waals surface area contributed by atoms with Gasteiger partial charge in [-0.2, -0.15) is 4.72 Å². The summed E-state index contributed by atoms with van der Waals surface area (Å²) in [6.07, 6.45) is 4.21. The molecule has 0 aromatic heterocycles. The second kappa shape index (κ2) is 9.40. The zero-order valence-corrected chi connectivity index (χ0v) is 19.6. The molecule has 1 aromatic rings. The van der Waals surface area contributed by atoms with Gasteiger partial charge < -0.3 is 15.5 Å². The molecule has 1 atom stereocenters. The lowest BCUT2D eigenvalue weighted by atomic mass is 10.2. The van der Waals surface area contributed by atoms with Crippen molar-refractivity contribution in [3.63, 3.8) is 0 Å². The normalized spacial score (nSPS) is 21.2. The third-order valence-corrected chi connectivity index (χ3v) is 8.19. The van der Waals surface area contributed by atoms with Crippen molar-refractivity contribution in [3.05, 3.63) is 23.8 Å². The van der Waals surface area contributed by atoms with Gasteiger partial charge >= 0.3 is 0 Å². The topological polar surface area (TPSA) is 133 Å². The molecule has 33 heavy (non-hydrogen) atoms. The van der Waals surface area contributed by atoms with Crippen molar-refractivity contribution >= 4 is 33.4 Å². The molecule has 1 aromatic carbocycles. The van der Waals surface area contributed by atoms with Crippen LogP contribution in [0.5, 0.6) is 0 Å². The van der Waals surface area contributed by atoms with Crippen LogP contribution >= 0.6 is 0 Å².